The molecule has 3 nitrogen and oxygen atoms in total. The third-order valence-corrected chi connectivity index (χ3v) is 4.33. The van der Waals surface area contributed by atoms with Crippen molar-refractivity contribution in [2.24, 2.45) is 11.7 Å². The Morgan fingerprint density at radius 2 is 2.05 bits per heavy atom. The Morgan fingerprint density at radius 1 is 1.30 bits per heavy atom. The van der Waals surface area contributed by atoms with Crippen LogP contribution in [0, 0.1) is 5.92 Å². The highest BCUT2D eigenvalue weighted by molar-refractivity contribution is 7.80. The zero-order chi connectivity index (χ0) is 14.5. The number of nitrogens with two attached hydrogens (primary N) is 1. The average Bonchev–Trinajstić information content (AvgIpc) is 2.48. The number of hydrogen-bond donors (Lipinski definition) is 1. The predicted octanol–water partition coefficient (Wildman–Crippen LogP) is 3.68. The summed E-state index contributed by atoms with van der Waals surface area (Å²) in [6, 6.07) is 5.65. The van der Waals surface area contributed by atoms with E-state index in [0.29, 0.717) is 22.8 Å². The maximum absolute atomic E-state index is 6.21. The molecule has 0 radical (unpaired) electrons. The van der Waals surface area contributed by atoms with Crippen molar-refractivity contribution in [2.75, 3.05) is 7.11 Å². The van der Waals surface area contributed by atoms with Gasteiger partial charge in [0.1, 0.15) is 11.1 Å². The Bertz CT molecular complexity index is 476. The highest BCUT2D eigenvalue weighted by Gasteiger charge is 2.26. The lowest BCUT2D eigenvalue weighted by atomic mass is 9.85. The number of hydrogen-bond acceptors (Lipinski definition) is 3. The minimum absolute atomic E-state index is 0.290. The highest BCUT2D eigenvalue weighted by Crippen LogP contribution is 2.35. The Balaban J connectivity index is 2.17. The average molecular weight is 293 g/mol. The van der Waals surface area contributed by atoms with Gasteiger partial charge in [-0.1, -0.05) is 25.6 Å². The predicted molar refractivity (Wildman–Crippen MR) is 85.5 cm³/mol. The Labute approximate surface area is 126 Å². The highest BCUT2D eigenvalue weighted by atomic mass is 32.1. The number of rotatable bonds is 5. The van der Waals surface area contributed by atoms with Gasteiger partial charge in [-0.15, -0.1) is 0 Å². The van der Waals surface area contributed by atoms with Crippen molar-refractivity contribution in [1.82, 2.24) is 0 Å². The molecule has 0 saturated heterocycles. The number of ether oxygens (including phenoxy) is 2. The van der Waals surface area contributed by atoms with Gasteiger partial charge in [-0.2, -0.15) is 0 Å². The first-order chi connectivity index (χ1) is 9.65. The summed E-state index contributed by atoms with van der Waals surface area (Å²) in [5.74, 6) is 2.14. The van der Waals surface area contributed by atoms with Crippen molar-refractivity contribution in [1.29, 1.82) is 0 Å². The number of thiocarbonyl (C=S) groups is 1. The molecule has 2 atom stereocenters. The lowest BCUT2D eigenvalue weighted by molar-refractivity contribution is 0.0873. The second kappa shape index (κ2) is 6.93. The molecule has 1 aromatic rings. The Kier molecular flexibility index (Phi) is 5.24. The van der Waals surface area contributed by atoms with Crippen molar-refractivity contribution in [3.05, 3.63) is 23.8 Å². The van der Waals surface area contributed by atoms with E-state index in [9.17, 15) is 0 Å². The van der Waals surface area contributed by atoms with Gasteiger partial charge in [0.2, 0.25) is 0 Å². The third kappa shape index (κ3) is 3.42. The van der Waals surface area contributed by atoms with E-state index >= 15 is 0 Å². The van der Waals surface area contributed by atoms with Crippen LogP contribution in [0.5, 0.6) is 11.5 Å². The molecule has 0 spiro atoms. The van der Waals surface area contributed by atoms with Crippen LogP contribution in [0.25, 0.3) is 0 Å². The van der Waals surface area contributed by atoms with Gasteiger partial charge in [-0.25, -0.2) is 0 Å². The molecular formula is C16H23NO2S. The quantitative estimate of drug-likeness (QED) is 0.841. The van der Waals surface area contributed by atoms with Crippen LogP contribution in [0.1, 0.15) is 44.6 Å². The summed E-state index contributed by atoms with van der Waals surface area (Å²) in [7, 11) is 1.64. The zero-order valence-electron chi connectivity index (χ0n) is 12.2. The van der Waals surface area contributed by atoms with Gasteiger partial charge in [-0.3, -0.25) is 0 Å². The van der Waals surface area contributed by atoms with Crippen molar-refractivity contribution >= 4 is 17.2 Å². The molecule has 110 valence electrons. The van der Waals surface area contributed by atoms with Crippen molar-refractivity contribution in [2.45, 2.75) is 45.1 Å². The van der Waals surface area contributed by atoms with E-state index in [-0.39, 0.29) is 0 Å². The first kappa shape index (κ1) is 15.1. The van der Waals surface area contributed by atoms with Gasteiger partial charge in [0.15, 0.2) is 11.5 Å². The van der Waals surface area contributed by atoms with Gasteiger partial charge < -0.3 is 15.2 Å². The molecule has 4 heteroatoms. The standard InChI is InChI=1S/C16H23NO2S/c1-3-11-6-4-5-7-13(11)19-14-9-8-12(16(17)20)10-15(14)18-2/h8-11,13H,3-7H2,1-2H3,(H2,17,20). The molecular weight excluding hydrogens is 270 g/mol. The molecule has 0 bridgehead atoms. The van der Waals surface area contributed by atoms with Crippen LogP contribution >= 0.6 is 12.2 Å². The fourth-order valence-corrected chi connectivity index (χ4v) is 3.00. The monoisotopic (exact) mass is 293 g/mol. The summed E-state index contributed by atoms with van der Waals surface area (Å²) < 4.78 is 11.6. The molecule has 1 saturated carbocycles. The summed E-state index contributed by atoms with van der Waals surface area (Å²) in [5.41, 5.74) is 6.46. The maximum atomic E-state index is 6.21. The van der Waals surface area contributed by atoms with Crippen LogP contribution in [0.4, 0.5) is 0 Å². The fourth-order valence-electron chi connectivity index (χ4n) is 2.88. The lowest BCUT2D eigenvalue weighted by Gasteiger charge is -2.31. The molecule has 2 unspecified atom stereocenters. The zero-order valence-corrected chi connectivity index (χ0v) is 13.0. The fraction of sp³-hybridized carbons (Fsp3) is 0.562. The van der Waals surface area contributed by atoms with E-state index in [2.05, 4.69) is 6.92 Å². The van der Waals surface area contributed by atoms with E-state index < -0.39 is 0 Å². The van der Waals surface area contributed by atoms with E-state index in [1.807, 2.05) is 18.2 Å². The van der Waals surface area contributed by atoms with Gasteiger partial charge in [0, 0.05) is 5.56 Å². The second-order valence-electron chi connectivity index (χ2n) is 5.34. The molecule has 0 aliphatic heterocycles. The van der Waals surface area contributed by atoms with Crippen LogP contribution < -0.4 is 15.2 Å². The molecule has 1 fully saturated rings. The van der Waals surface area contributed by atoms with E-state index in [4.69, 9.17) is 27.4 Å². The second-order valence-corrected chi connectivity index (χ2v) is 5.78. The summed E-state index contributed by atoms with van der Waals surface area (Å²) in [4.78, 5) is 0.374. The summed E-state index contributed by atoms with van der Waals surface area (Å²) in [6.07, 6.45) is 6.40. The molecule has 1 aliphatic carbocycles. The van der Waals surface area contributed by atoms with Gasteiger partial charge in [0.05, 0.1) is 7.11 Å². The van der Waals surface area contributed by atoms with Crippen LogP contribution in [0.3, 0.4) is 0 Å². The third-order valence-electron chi connectivity index (χ3n) is 4.09. The van der Waals surface area contributed by atoms with E-state index in [1.165, 1.54) is 19.3 Å². The molecule has 1 aliphatic rings. The Morgan fingerprint density at radius 3 is 2.70 bits per heavy atom. The first-order valence-corrected chi connectivity index (χ1v) is 7.71. The van der Waals surface area contributed by atoms with Crippen LogP contribution in [-0.2, 0) is 0 Å². The first-order valence-electron chi connectivity index (χ1n) is 7.30. The molecule has 20 heavy (non-hydrogen) atoms. The summed E-state index contributed by atoms with van der Waals surface area (Å²) in [5, 5.41) is 0. The van der Waals surface area contributed by atoms with Crippen molar-refractivity contribution in [3.8, 4) is 11.5 Å². The van der Waals surface area contributed by atoms with Crippen LogP contribution in [0.2, 0.25) is 0 Å². The largest absolute Gasteiger partial charge is 0.493 e. The van der Waals surface area contributed by atoms with Crippen molar-refractivity contribution in [3.63, 3.8) is 0 Å². The molecule has 1 aromatic carbocycles. The minimum atomic E-state index is 0.290. The minimum Gasteiger partial charge on any atom is -0.493 e. The maximum Gasteiger partial charge on any atom is 0.161 e. The lowest BCUT2D eigenvalue weighted by Crippen LogP contribution is -2.30. The molecule has 0 heterocycles. The number of benzene rings is 1. The molecule has 0 amide bonds. The number of methoxy groups -OCH3 is 1. The summed E-state index contributed by atoms with van der Waals surface area (Å²) >= 11 is 4.99. The van der Waals surface area contributed by atoms with E-state index in [1.54, 1.807) is 7.11 Å². The Hall–Kier alpha value is -1.29. The smallest absolute Gasteiger partial charge is 0.161 e. The normalized spacial score (nSPS) is 22.3. The van der Waals surface area contributed by atoms with Crippen LogP contribution in [0.15, 0.2) is 18.2 Å². The van der Waals surface area contributed by atoms with E-state index in [0.717, 1.165) is 24.2 Å². The summed E-state index contributed by atoms with van der Waals surface area (Å²) in [6.45, 7) is 2.24. The van der Waals surface area contributed by atoms with Crippen molar-refractivity contribution < 1.29 is 9.47 Å². The SMILES string of the molecule is CCC1CCCCC1Oc1ccc(C(N)=S)cc1OC. The molecule has 0 aromatic heterocycles. The van der Waals surface area contributed by atoms with Crippen LogP contribution in [-0.4, -0.2) is 18.2 Å². The topological polar surface area (TPSA) is 44.5 Å². The molecule has 2 rings (SSSR count). The van der Waals surface area contributed by atoms with Gasteiger partial charge in [0.25, 0.3) is 0 Å². The molecule has 2 N–H and O–H groups in total. The van der Waals surface area contributed by atoms with Gasteiger partial charge >= 0.3 is 0 Å². The van der Waals surface area contributed by atoms with Gasteiger partial charge in [-0.05, 0) is 49.8 Å².